The lowest BCUT2D eigenvalue weighted by molar-refractivity contribution is -0.672. The van der Waals surface area contributed by atoms with Crippen LogP contribution in [0.25, 0.3) is 15.9 Å². The first-order valence-electron chi connectivity index (χ1n) is 8.24. The fourth-order valence-electron chi connectivity index (χ4n) is 3.04. The summed E-state index contributed by atoms with van der Waals surface area (Å²) >= 11 is 1.17. The van der Waals surface area contributed by atoms with E-state index in [1.54, 1.807) is 12.1 Å². The average molecular weight is 380 g/mol. The van der Waals surface area contributed by atoms with Gasteiger partial charge < -0.3 is 15.4 Å². The first kappa shape index (κ1) is 17.2. The molecule has 27 heavy (non-hydrogen) atoms. The third kappa shape index (κ3) is 2.74. The van der Waals surface area contributed by atoms with Crippen LogP contribution in [0.1, 0.15) is 32.2 Å². The molecular weight excluding hydrogens is 364 g/mol. The Hall–Kier alpha value is -3.26. The molecule has 2 N–H and O–H groups in total. The van der Waals surface area contributed by atoms with Gasteiger partial charge in [0.25, 0.3) is 5.78 Å². The Morgan fingerprint density at radius 2 is 1.93 bits per heavy atom. The summed E-state index contributed by atoms with van der Waals surface area (Å²) in [6.07, 6.45) is 0. The molecule has 7 nitrogen and oxygen atoms in total. The topological polar surface area (TPSA) is 109 Å². The molecule has 3 heterocycles. The largest absolute Gasteiger partial charge is 0.539 e. The number of carbonyl (C=O) groups is 1. The van der Waals surface area contributed by atoms with Gasteiger partial charge in [-0.05, 0) is 37.1 Å². The molecule has 0 atom stereocenters. The monoisotopic (exact) mass is 380 g/mol. The second-order valence-corrected chi connectivity index (χ2v) is 7.39. The van der Waals surface area contributed by atoms with Crippen molar-refractivity contribution in [1.82, 2.24) is 10.3 Å². The van der Waals surface area contributed by atoms with Crippen LogP contribution in [-0.4, -0.2) is 16.0 Å². The van der Waals surface area contributed by atoms with Gasteiger partial charge in [0, 0.05) is 23.2 Å². The number of fused-ring (bicyclic) bond motifs is 1. The third-order valence-electron chi connectivity index (χ3n) is 4.33. The maximum Gasteiger partial charge on any atom is 0.312 e. The second kappa shape index (κ2) is 6.17. The minimum Gasteiger partial charge on any atom is -0.539 e. The number of ketones is 1. The molecule has 0 unspecified atom stereocenters. The molecule has 0 bridgehead atoms. The molecule has 4 aromatic rings. The fraction of sp³-hybridized carbons (Fsp3) is 0.158. The van der Waals surface area contributed by atoms with Gasteiger partial charge in [-0.1, -0.05) is 17.7 Å². The summed E-state index contributed by atoms with van der Waals surface area (Å²) in [5.41, 5.74) is 9.75. The van der Waals surface area contributed by atoms with Crippen molar-refractivity contribution in [2.45, 2.75) is 20.8 Å². The number of nitrogens with two attached hydrogens (primary N) is 1. The lowest BCUT2D eigenvalue weighted by Gasteiger charge is -2.00. The van der Waals surface area contributed by atoms with Crippen molar-refractivity contribution in [3.05, 3.63) is 57.7 Å². The zero-order chi connectivity index (χ0) is 19.3. The van der Waals surface area contributed by atoms with Crippen molar-refractivity contribution in [2.24, 2.45) is 0 Å². The van der Waals surface area contributed by atoms with E-state index in [1.807, 2.05) is 39.0 Å². The van der Waals surface area contributed by atoms with Gasteiger partial charge in [0.2, 0.25) is 5.69 Å². The number of aryl methyl sites for hydroxylation is 3. The minimum absolute atomic E-state index is 0.188. The van der Waals surface area contributed by atoms with Gasteiger partial charge in [-0.3, -0.25) is 4.79 Å². The van der Waals surface area contributed by atoms with E-state index in [4.69, 9.17) is 10.3 Å². The number of aromatic nitrogens is 3. The van der Waals surface area contributed by atoms with Crippen LogP contribution in [-0.2, 0) is 0 Å². The molecule has 0 radical (unpaired) electrons. The van der Waals surface area contributed by atoms with Gasteiger partial charge in [0.15, 0.2) is 5.95 Å². The number of pyridine rings is 1. The van der Waals surface area contributed by atoms with E-state index >= 15 is 0 Å². The minimum atomic E-state index is -0.807. The summed E-state index contributed by atoms with van der Waals surface area (Å²) in [5.74, 6) is -1.34. The lowest BCUT2D eigenvalue weighted by atomic mass is 10.1. The molecule has 0 spiro atoms. The highest BCUT2D eigenvalue weighted by Gasteiger charge is 2.32. The SMILES string of the molecule is Cc1ccc(-[n+]2noc([O-])c2C(=O)c2sc3nc(C)cc(C)c3c2N)cc1. The highest BCUT2D eigenvalue weighted by Crippen LogP contribution is 2.36. The van der Waals surface area contributed by atoms with E-state index in [0.29, 0.717) is 16.2 Å². The number of benzene rings is 1. The Bertz CT molecular complexity index is 1190. The Labute approximate surface area is 158 Å². The van der Waals surface area contributed by atoms with Gasteiger partial charge in [0.05, 0.1) is 11.0 Å². The molecule has 0 aliphatic rings. The molecule has 8 heteroatoms. The van der Waals surface area contributed by atoms with E-state index < -0.39 is 11.7 Å². The quantitative estimate of drug-likeness (QED) is 0.432. The standard InChI is InChI=1S/C19H16N4O3S/c1-9-4-6-12(7-5-9)23-15(19(25)26-22-23)16(24)17-14(20)13-10(2)8-11(3)21-18(13)27-17/h4-8H,1-3H3,(H2-,20,22,24,25). The summed E-state index contributed by atoms with van der Waals surface area (Å²) in [5, 5.41) is 16.7. The molecule has 0 saturated heterocycles. The molecule has 4 rings (SSSR count). The Kier molecular flexibility index (Phi) is 3.92. The van der Waals surface area contributed by atoms with Crippen LogP contribution in [0.2, 0.25) is 0 Å². The van der Waals surface area contributed by atoms with Crippen LogP contribution in [0.3, 0.4) is 0 Å². The van der Waals surface area contributed by atoms with E-state index in [-0.39, 0.29) is 10.6 Å². The van der Waals surface area contributed by atoms with Crippen molar-refractivity contribution < 1.29 is 19.1 Å². The molecule has 0 fully saturated rings. The van der Waals surface area contributed by atoms with Crippen molar-refractivity contribution in [1.29, 1.82) is 0 Å². The maximum atomic E-state index is 13.2. The highest BCUT2D eigenvalue weighted by atomic mass is 32.1. The number of rotatable bonds is 3. The first-order valence-corrected chi connectivity index (χ1v) is 9.05. The Morgan fingerprint density at radius 1 is 1.22 bits per heavy atom. The van der Waals surface area contributed by atoms with Crippen molar-refractivity contribution in [3.63, 3.8) is 0 Å². The van der Waals surface area contributed by atoms with Crippen LogP contribution >= 0.6 is 11.3 Å². The highest BCUT2D eigenvalue weighted by molar-refractivity contribution is 7.21. The summed E-state index contributed by atoms with van der Waals surface area (Å²) in [7, 11) is 0. The van der Waals surface area contributed by atoms with Crippen molar-refractivity contribution in [2.75, 3.05) is 5.73 Å². The number of hydrogen-bond acceptors (Lipinski definition) is 7. The van der Waals surface area contributed by atoms with Gasteiger partial charge in [-0.25, -0.2) is 4.98 Å². The van der Waals surface area contributed by atoms with Crippen LogP contribution in [0.5, 0.6) is 5.95 Å². The number of nitrogens with zero attached hydrogens (tertiary/aromatic N) is 3. The first-order chi connectivity index (χ1) is 12.9. The normalized spacial score (nSPS) is 11.2. The van der Waals surface area contributed by atoms with Gasteiger partial charge >= 0.3 is 5.69 Å². The van der Waals surface area contributed by atoms with Gasteiger partial charge in [-0.2, -0.15) is 0 Å². The number of thiophene rings is 1. The second-order valence-electron chi connectivity index (χ2n) is 6.39. The number of carbonyl (C=O) groups excluding carboxylic acids is 1. The molecule has 0 aliphatic carbocycles. The average Bonchev–Trinajstić information content (AvgIpc) is 3.15. The molecule has 0 amide bonds. The van der Waals surface area contributed by atoms with Crippen LogP contribution in [0.15, 0.2) is 34.9 Å². The zero-order valence-electron chi connectivity index (χ0n) is 14.9. The summed E-state index contributed by atoms with van der Waals surface area (Å²) in [6, 6.07) is 9.15. The molecule has 3 aromatic heterocycles. The number of nitrogen functional groups attached to an aromatic ring is 1. The van der Waals surface area contributed by atoms with Crippen LogP contribution in [0.4, 0.5) is 5.69 Å². The maximum absolute atomic E-state index is 13.2. The Balaban J connectivity index is 1.88. The molecule has 0 aliphatic heterocycles. The van der Waals surface area contributed by atoms with Gasteiger partial charge in [0.1, 0.15) is 9.71 Å². The van der Waals surface area contributed by atoms with E-state index in [1.165, 1.54) is 16.0 Å². The van der Waals surface area contributed by atoms with E-state index in [2.05, 4.69) is 10.3 Å². The number of anilines is 1. The summed E-state index contributed by atoms with van der Waals surface area (Å²) in [4.78, 5) is 18.5. The summed E-state index contributed by atoms with van der Waals surface area (Å²) < 4.78 is 5.97. The van der Waals surface area contributed by atoms with Crippen LogP contribution < -0.4 is 15.5 Å². The van der Waals surface area contributed by atoms with Gasteiger partial charge in [-0.15, -0.1) is 11.3 Å². The van der Waals surface area contributed by atoms with E-state index in [9.17, 15) is 9.90 Å². The van der Waals surface area contributed by atoms with Crippen molar-refractivity contribution >= 4 is 33.0 Å². The smallest absolute Gasteiger partial charge is 0.312 e. The van der Waals surface area contributed by atoms with Crippen molar-refractivity contribution in [3.8, 4) is 11.6 Å². The van der Waals surface area contributed by atoms with E-state index in [0.717, 1.165) is 22.2 Å². The molecular formula is C19H16N4O3S. The summed E-state index contributed by atoms with van der Waals surface area (Å²) in [6.45, 7) is 5.74. The third-order valence-corrected chi connectivity index (χ3v) is 5.43. The molecule has 0 saturated carbocycles. The lowest BCUT2D eigenvalue weighted by Crippen LogP contribution is -2.39. The number of hydrogen-bond donors (Lipinski definition) is 1. The predicted octanol–water partition coefficient (Wildman–Crippen LogP) is 2.37. The molecule has 136 valence electrons. The fourth-order valence-corrected chi connectivity index (χ4v) is 4.20. The molecule has 1 aromatic carbocycles. The Morgan fingerprint density at radius 3 is 2.63 bits per heavy atom. The predicted molar refractivity (Wildman–Crippen MR) is 99.2 cm³/mol. The zero-order valence-corrected chi connectivity index (χ0v) is 15.8. The van der Waals surface area contributed by atoms with Crippen LogP contribution in [0, 0.1) is 20.8 Å².